The number of pyridine rings is 1. The molecule has 0 spiro atoms. The van der Waals surface area contributed by atoms with Crippen LogP contribution < -0.4 is 15.0 Å². The second kappa shape index (κ2) is 5.79. The largest absolute Gasteiger partial charge is 0.486 e. The van der Waals surface area contributed by atoms with Crippen molar-refractivity contribution in [3.63, 3.8) is 0 Å². The lowest BCUT2D eigenvalue weighted by molar-refractivity contribution is 0.0693. The molecule has 6 nitrogen and oxygen atoms in total. The minimum Gasteiger partial charge on any atom is -0.486 e. The topological polar surface area (TPSA) is 77.8 Å². The Morgan fingerprint density at radius 1 is 1.22 bits per heavy atom. The molecule has 2 heterocycles. The number of carboxylic acids is 1. The Morgan fingerprint density at radius 2 is 1.91 bits per heavy atom. The molecule has 0 fully saturated rings. The highest BCUT2D eigenvalue weighted by atomic mass is 16.6. The smallest absolute Gasteiger partial charge is 0.341 e. The van der Waals surface area contributed by atoms with Crippen molar-refractivity contribution in [1.82, 2.24) is 4.57 Å². The molecule has 23 heavy (non-hydrogen) atoms. The van der Waals surface area contributed by atoms with Crippen molar-refractivity contribution in [2.45, 2.75) is 19.9 Å². The first-order valence-corrected chi connectivity index (χ1v) is 7.33. The standard InChI is InChI=1S/C17H17NO5/c1-10-5-6-18(16(19)15(10)17(20)21)11(2)12-3-4-13-14(9-12)23-8-7-22-13/h3-6,9,11H,7-8H2,1-2H3,(H,20,21). The van der Waals surface area contributed by atoms with Gasteiger partial charge in [0.15, 0.2) is 11.5 Å². The van der Waals surface area contributed by atoms with Crippen molar-refractivity contribution < 1.29 is 19.4 Å². The van der Waals surface area contributed by atoms with Crippen molar-refractivity contribution in [2.24, 2.45) is 0 Å². The van der Waals surface area contributed by atoms with E-state index < -0.39 is 11.5 Å². The molecule has 2 aromatic rings. The number of aromatic nitrogens is 1. The summed E-state index contributed by atoms with van der Waals surface area (Å²) in [5, 5.41) is 9.23. The molecule has 1 N–H and O–H groups in total. The maximum absolute atomic E-state index is 12.5. The van der Waals surface area contributed by atoms with Gasteiger partial charge >= 0.3 is 5.97 Å². The number of aromatic carboxylic acids is 1. The van der Waals surface area contributed by atoms with Crippen molar-refractivity contribution >= 4 is 5.97 Å². The van der Waals surface area contributed by atoms with Crippen LogP contribution in [0.3, 0.4) is 0 Å². The van der Waals surface area contributed by atoms with Gasteiger partial charge in [-0.25, -0.2) is 4.79 Å². The molecule has 1 unspecified atom stereocenters. The lowest BCUT2D eigenvalue weighted by atomic mass is 10.1. The number of benzene rings is 1. The van der Waals surface area contributed by atoms with Crippen molar-refractivity contribution in [3.8, 4) is 11.5 Å². The summed E-state index contributed by atoms with van der Waals surface area (Å²) < 4.78 is 12.5. The molecule has 0 amide bonds. The molecule has 1 atom stereocenters. The Balaban J connectivity index is 2.04. The number of nitrogens with zero attached hydrogens (tertiary/aromatic N) is 1. The molecule has 1 aromatic carbocycles. The summed E-state index contributed by atoms with van der Waals surface area (Å²) in [7, 11) is 0. The van der Waals surface area contributed by atoms with E-state index in [1.165, 1.54) is 4.57 Å². The number of carbonyl (C=O) groups is 1. The maximum atomic E-state index is 12.5. The van der Waals surface area contributed by atoms with E-state index in [-0.39, 0.29) is 11.6 Å². The van der Waals surface area contributed by atoms with Crippen LogP contribution in [0.5, 0.6) is 11.5 Å². The molecule has 6 heteroatoms. The summed E-state index contributed by atoms with van der Waals surface area (Å²) in [6.07, 6.45) is 1.62. The van der Waals surface area contributed by atoms with Crippen LogP contribution in [0.2, 0.25) is 0 Å². The van der Waals surface area contributed by atoms with Gasteiger partial charge in [0.05, 0.1) is 6.04 Å². The molecule has 3 rings (SSSR count). The third kappa shape index (κ3) is 2.67. The number of hydrogen-bond donors (Lipinski definition) is 1. The normalized spacial score (nSPS) is 14.3. The molecule has 0 radical (unpaired) electrons. The fourth-order valence-electron chi connectivity index (χ4n) is 2.69. The average molecular weight is 315 g/mol. The van der Waals surface area contributed by atoms with Crippen LogP contribution in [0.15, 0.2) is 35.3 Å². The number of ether oxygens (including phenoxy) is 2. The third-order valence-electron chi connectivity index (χ3n) is 4.01. The van der Waals surface area contributed by atoms with Crippen LogP contribution in [0.4, 0.5) is 0 Å². The molecule has 0 saturated heterocycles. The first-order chi connectivity index (χ1) is 11.0. The summed E-state index contributed by atoms with van der Waals surface area (Å²) in [6.45, 7) is 4.46. The lowest BCUT2D eigenvalue weighted by Crippen LogP contribution is -2.29. The van der Waals surface area contributed by atoms with Gasteiger partial charge in [-0.05, 0) is 43.2 Å². The van der Waals surface area contributed by atoms with Gasteiger partial charge in [-0.3, -0.25) is 4.79 Å². The lowest BCUT2D eigenvalue weighted by Gasteiger charge is -2.22. The summed E-state index contributed by atoms with van der Waals surface area (Å²) in [6, 6.07) is 6.80. The van der Waals surface area contributed by atoms with Gasteiger partial charge in [0.1, 0.15) is 18.8 Å². The minimum atomic E-state index is -1.21. The van der Waals surface area contributed by atoms with E-state index in [4.69, 9.17) is 9.47 Å². The molecule has 1 aliphatic rings. The van der Waals surface area contributed by atoms with Crippen LogP contribution in [-0.2, 0) is 0 Å². The zero-order valence-electron chi connectivity index (χ0n) is 12.9. The van der Waals surface area contributed by atoms with Gasteiger partial charge in [0.2, 0.25) is 0 Å². The fraction of sp³-hybridized carbons (Fsp3) is 0.294. The number of hydrogen-bond acceptors (Lipinski definition) is 4. The van der Waals surface area contributed by atoms with Gasteiger partial charge in [-0.15, -0.1) is 0 Å². The predicted octanol–water partition coefficient (Wildman–Crippen LogP) is 2.24. The van der Waals surface area contributed by atoms with Gasteiger partial charge in [0, 0.05) is 6.20 Å². The summed E-state index contributed by atoms with van der Waals surface area (Å²) >= 11 is 0. The predicted molar refractivity (Wildman–Crippen MR) is 83.6 cm³/mol. The van der Waals surface area contributed by atoms with Crippen LogP contribution in [0.1, 0.15) is 34.5 Å². The molecule has 0 bridgehead atoms. The van der Waals surface area contributed by atoms with Crippen LogP contribution >= 0.6 is 0 Å². The monoisotopic (exact) mass is 315 g/mol. The highest BCUT2D eigenvalue weighted by molar-refractivity contribution is 5.88. The van der Waals surface area contributed by atoms with E-state index in [2.05, 4.69) is 0 Å². The third-order valence-corrected chi connectivity index (χ3v) is 4.01. The highest BCUT2D eigenvalue weighted by Crippen LogP contribution is 2.33. The van der Waals surface area contributed by atoms with E-state index in [9.17, 15) is 14.7 Å². The fourth-order valence-corrected chi connectivity index (χ4v) is 2.69. The van der Waals surface area contributed by atoms with Crippen LogP contribution in [0, 0.1) is 6.92 Å². The Kier molecular flexibility index (Phi) is 3.82. The molecule has 0 saturated carbocycles. The molecule has 1 aliphatic heterocycles. The number of fused-ring (bicyclic) bond motifs is 1. The van der Waals surface area contributed by atoms with E-state index in [1.54, 1.807) is 25.3 Å². The second-order valence-corrected chi connectivity index (χ2v) is 5.47. The van der Waals surface area contributed by atoms with Crippen LogP contribution in [0.25, 0.3) is 0 Å². The zero-order chi connectivity index (χ0) is 16.6. The molecular formula is C17H17NO5. The molecular weight excluding hydrogens is 298 g/mol. The minimum absolute atomic E-state index is 0.197. The van der Waals surface area contributed by atoms with Gasteiger partial charge in [-0.1, -0.05) is 6.07 Å². The maximum Gasteiger partial charge on any atom is 0.341 e. The number of rotatable bonds is 3. The Bertz CT molecular complexity index is 824. The zero-order valence-corrected chi connectivity index (χ0v) is 12.9. The quantitative estimate of drug-likeness (QED) is 0.940. The van der Waals surface area contributed by atoms with Gasteiger partial charge in [-0.2, -0.15) is 0 Å². The van der Waals surface area contributed by atoms with Crippen molar-refractivity contribution in [1.29, 1.82) is 0 Å². The number of aryl methyl sites for hydroxylation is 1. The first-order valence-electron chi connectivity index (χ1n) is 7.33. The van der Waals surface area contributed by atoms with E-state index in [0.29, 0.717) is 30.3 Å². The second-order valence-electron chi connectivity index (χ2n) is 5.47. The molecule has 1 aromatic heterocycles. The summed E-state index contributed by atoms with van der Waals surface area (Å²) in [4.78, 5) is 23.8. The molecule has 120 valence electrons. The van der Waals surface area contributed by atoms with Crippen molar-refractivity contribution in [3.05, 3.63) is 57.5 Å². The Hall–Kier alpha value is -2.76. The Morgan fingerprint density at radius 3 is 2.61 bits per heavy atom. The van der Waals surface area contributed by atoms with Gasteiger partial charge in [0.25, 0.3) is 5.56 Å². The number of carboxylic acid groups (broad SMARTS) is 1. The Labute approximate surface area is 132 Å². The van der Waals surface area contributed by atoms with E-state index in [1.807, 2.05) is 19.1 Å². The SMILES string of the molecule is Cc1ccn(C(C)c2ccc3c(c2)OCCO3)c(=O)c1C(=O)O. The first kappa shape index (κ1) is 15.1. The van der Waals surface area contributed by atoms with E-state index in [0.717, 1.165) is 5.56 Å². The van der Waals surface area contributed by atoms with E-state index >= 15 is 0 Å². The van der Waals surface area contributed by atoms with Crippen LogP contribution in [-0.4, -0.2) is 28.9 Å². The summed E-state index contributed by atoms with van der Waals surface area (Å²) in [5.74, 6) is 0.102. The van der Waals surface area contributed by atoms with Gasteiger partial charge < -0.3 is 19.1 Å². The average Bonchev–Trinajstić information content (AvgIpc) is 2.53. The molecule has 0 aliphatic carbocycles. The summed E-state index contributed by atoms with van der Waals surface area (Å²) in [5.41, 5.74) is 0.585. The van der Waals surface area contributed by atoms with Crippen molar-refractivity contribution in [2.75, 3.05) is 13.2 Å². The highest BCUT2D eigenvalue weighted by Gasteiger charge is 2.19.